The lowest BCUT2D eigenvalue weighted by molar-refractivity contribution is 0.0723. The molecule has 3 aliphatic rings. The second-order valence-corrected chi connectivity index (χ2v) is 13.7. The van der Waals surface area contributed by atoms with Crippen molar-refractivity contribution in [3.8, 4) is 17.3 Å². The molecule has 222 valence electrons. The molecule has 1 saturated heterocycles. The first-order valence-corrected chi connectivity index (χ1v) is 16.1. The van der Waals surface area contributed by atoms with E-state index in [9.17, 15) is 17.6 Å². The third-order valence-electron chi connectivity index (χ3n) is 8.48. The number of para-hydroxylation sites is 1. The SMILES string of the molecule is Cn1c(-c2cc3cccc(OC[C@H]4CNS(=O)(=O)C4)c3n2CC2CC2)nc2cc3c(nc21)CCN(C[C@H](N)CF)C3=O. The van der Waals surface area contributed by atoms with Gasteiger partial charge in [0.2, 0.25) is 10.0 Å². The molecule has 0 bridgehead atoms. The number of carbonyl (C=O) groups excluding carboxylic acids is 1. The number of hydrogen-bond donors (Lipinski definition) is 2. The summed E-state index contributed by atoms with van der Waals surface area (Å²) in [6, 6.07) is 9.12. The molecule has 1 aromatic carbocycles. The predicted octanol–water partition coefficient (Wildman–Crippen LogP) is 2.22. The van der Waals surface area contributed by atoms with Crippen molar-refractivity contribution in [3.05, 3.63) is 41.6 Å². The van der Waals surface area contributed by atoms with Gasteiger partial charge in [0.15, 0.2) is 11.5 Å². The van der Waals surface area contributed by atoms with Crippen LogP contribution in [0.4, 0.5) is 4.39 Å². The summed E-state index contributed by atoms with van der Waals surface area (Å²) in [6.07, 6.45) is 2.89. The van der Waals surface area contributed by atoms with Crippen LogP contribution in [0.15, 0.2) is 30.3 Å². The summed E-state index contributed by atoms with van der Waals surface area (Å²) in [5.41, 5.74) is 10.2. The highest BCUT2D eigenvalue weighted by atomic mass is 32.2. The summed E-state index contributed by atoms with van der Waals surface area (Å²) in [6.45, 7) is 1.43. The smallest absolute Gasteiger partial charge is 0.255 e. The molecule has 2 atom stereocenters. The van der Waals surface area contributed by atoms with Crippen LogP contribution in [-0.2, 0) is 30.0 Å². The van der Waals surface area contributed by atoms with Gasteiger partial charge in [-0.1, -0.05) is 12.1 Å². The molecule has 42 heavy (non-hydrogen) atoms. The van der Waals surface area contributed by atoms with E-state index in [0.29, 0.717) is 60.2 Å². The number of benzene rings is 1. The van der Waals surface area contributed by atoms with Gasteiger partial charge in [-0.3, -0.25) is 4.79 Å². The maximum Gasteiger partial charge on any atom is 0.255 e. The average Bonchev–Trinajstić information content (AvgIpc) is 3.51. The van der Waals surface area contributed by atoms with Crippen LogP contribution < -0.4 is 15.2 Å². The number of aromatic nitrogens is 4. The van der Waals surface area contributed by atoms with Crippen molar-refractivity contribution in [2.24, 2.45) is 24.6 Å². The summed E-state index contributed by atoms with van der Waals surface area (Å²) >= 11 is 0. The van der Waals surface area contributed by atoms with Crippen molar-refractivity contribution in [1.82, 2.24) is 28.7 Å². The van der Waals surface area contributed by atoms with Gasteiger partial charge in [-0.2, -0.15) is 0 Å². The molecule has 0 radical (unpaired) electrons. The molecule has 11 nitrogen and oxygen atoms in total. The zero-order valence-electron chi connectivity index (χ0n) is 23.4. The second kappa shape index (κ2) is 10.3. The number of sulfonamides is 1. The lowest BCUT2D eigenvalue weighted by atomic mass is 10.0. The molecule has 13 heteroatoms. The molecule has 2 fully saturated rings. The Labute approximate surface area is 242 Å². The van der Waals surface area contributed by atoms with Crippen LogP contribution >= 0.6 is 0 Å². The van der Waals surface area contributed by atoms with Crippen LogP contribution in [0.1, 0.15) is 28.9 Å². The van der Waals surface area contributed by atoms with Gasteiger partial charge in [0.25, 0.3) is 5.91 Å². The largest absolute Gasteiger partial charge is 0.491 e. The maximum absolute atomic E-state index is 13.2. The van der Waals surface area contributed by atoms with Crippen molar-refractivity contribution in [2.45, 2.75) is 31.8 Å². The molecule has 4 aromatic rings. The molecule has 3 N–H and O–H groups in total. The van der Waals surface area contributed by atoms with E-state index in [2.05, 4.69) is 15.4 Å². The van der Waals surface area contributed by atoms with E-state index >= 15 is 0 Å². The zero-order valence-corrected chi connectivity index (χ0v) is 24.2. The topological polar surface area (TPSA) is 137 Å². The van der Waals surface area contributed by atoms with Gasteiger partial charge in [-0.25, -0.2) is 27.5 Å². The molecule has 3 aromatic heterocycles. The molecular weight excluding hydrogens is 561 g/mol. The lowest BCUT2D eigenvalue weighted by Crippen LogP contribution is -2.45. The normalized spacial score (nSPS) is 20.9. The number of aryl methyl sites for hydroxylation is 1. The van der Waals surface area contributed by atoms with E-state index in [0.717, 1.165) is 41.8 Å². The minimum atomic E-state index is -3.22. The number of pyridine rings is 1. The monoisotopic (exact) mass is 595 g/mol. The number of hydrogen-bond acceptors (Lipinski definition) is 7. The summed E-state index contributed by atoms with van der Waals surface area (Å²) in [5, 5.41) is 1.01. The summed E-state index contributed by atoms with van der Waals surface area (Å²) < 4.78 is 49.8. The van der Waals surface area contributed by atoms with Crippen molar-refractivity contribution in [1.29, 1.82) is 0 Å². The molecule has 1 amide bonds. The first kappa shape index (κ1) is 27.3. The number of fused-ring (bicyclic) bond motifs is 3. The number of ether oxygens (including phenoxy) is 1. The minimum absolute atomic E-state index is 0.0665. The number of carbonyl (C=O) groups is 1. The number of rotatable bonds is 9. The number of nitrogens with zero attached hydrogens (tertiary/aromatic N) is 5. The number of amides is 1. The van der Waals surface area contributed by atoms with E-state index in [1.807, 2.05) is 29.8 Å². The molecule has 1 aliphatic carbocycles. The highest BCUT2D eigenvalue weighted by Crippen LogP contribution is 2.39. The first-order chi connectivity index (χ1) is 20.2. The van der Waals surface area contributed by atoms with E-state index in [-0.39, 0.29) is 24.1 Å². The fourth-order valence-electron chi connectivity index (χ4n) is 6.10. The van der Waals surface area contributed by atoms with Gasteiger partial charge < -0.3 is 24.5 Å². The van der Waals surface area contributed by atoms with Crippen LogP contribution in [-0.4, -0.2) is 83.0 Å². The van der Waals surface area contributed by atoms with Crippen LogP contribution in [0.25, 0.3) is 33.6 Å². The van der Waals surface area contributed by atoms with Gasteiger partial charge in [0.05, 0.1) is 40.9 Å². The Kier molecular flexibility index (Phi) is 6.70. The Hall–Kier alpha value is -3.55. The Morgan fingerprint density at radius 3 is 2.79 bits per heavy atom. The van der Waals surface area contributed by atoms with E-state index < -0.39 is 22.7 Å². The fraction of sp³-hybridized carbons (Fsp3) is 0.483. The van der Waals surface area contributed by atoms with Crippen molar-refractivity contribution >= 4 is 38.0 Å². The molecule has 5 heterocycles. The predicted molar refractivity (Wildman–Crippen MR) is 156 cm³/mol. The van der Waals surface area contributed by atoms with Gasteiger partial charge in [-0.05, 0) is 37.0 Å². The third kappa shape index (κ3) is 4.92. The average molecular weight is 596 g/mol. The highest BCUT2D eigenvalue weighted by molar-refractivity contribution is 7.89. The molecular formula is C29H34FN7O4S. The van der Waals surface area contributed by atoms with Gasteiger partial charge in [-0.15, -0.1) is 0 Å². The Bertz CT molecular complexity index is 1810. The van der Waals surface area contributed by atoms with Gasteiger partial charge in [0, 0.05) is 51.0 Å². The number of nitrogens with one attached hydrogen (secondary N) is 1. The van der Waals surface area contributed by atoms with E-state index in [1.54, 1.807) is 11.0 Å². The lowest BCUT2D eigenvalue weighted by Gasteiger charge is -2.29. The van der Waals surface area contributed by atoms with Crippen LogP contribution in [0.2, 0.25) is 0 Å². The maximum atomic E-state index is 13.2. The Balaban J connectivity index is 1.27. The molecule has 7 rings (SSSR count). The Morgan fingerprint density at radius 2 is 2.05 bits per heavy atom. The summed E-state index contributed by atoms with van der Waals surface area (Å²) in [7, 11) is -1.29. The third-order valence-corrected chi connectivity index (χ3v) is 10.0. The molecule has 1 saturated carbocycles. The Morgan fingerprint density at radius 1 is 1.21 bits per heavy atom. The highest BCUT2D eigenvalue weighted by Gasteiger charge is 2.31. The molecule has 0 spiro atoms. The molecule has 0 unspecified atom stereocenters. The summed E-state index contributed by atoms with van der Waals surface area (Å²) in [5.74, 6) is 1.77. The quantitative estimate of drug-likeness (QED) is 0.303. The second-order valence-electron chi connectivity index (χ2n) is 11.8. The zero-order chi connectivity index (χ0) is 29.2. The van der Waals surface area contributed by atoms with Gasteiger partial charge >= 0.3 is 0 Å². The summed E-state index contributed by atoms with van der Waals surface area (Å²) in [4.78, 5) is 24.7. The van der Waals surface area contributed by atoms with Crippen molar-refractivity contribution in [2.75, 3.05) is 38.7 Å². The van der Waals surface area contributed by atoms with Crippen LogP contribution in [0, 0.1) is 11.8 Å². The number of alkyl halides is 1. The van der Waals surface area contributed by atoms with E-state index in [1.165, 1.54) is 0 Å². The number of nitrogens with two attached hydrogens (primary N) is 1. The standard InChI is InChI=1S/C29H34FN7O4S/c1-35-27-23(10-21-22(33-27)7-8-36(29(21)38)14-20(31)11-30)34-28(35)24-9-19-3-2-4-25(26(19)37(24)13-17-5-6-17)41-15-18-12-32-42(39,40)16-18/h2-4,9-10,17-18,20,32H,5-8,11-16,31H2,1H3/t18-,20-/m1/s1. The van der Waals surface area contributed by atoms with Crippen LogP contribution in [0.3, 0.4) is 0 Å². The number of halogens is 1. The van der Waals surface area contributed by atoms with E-state index in [4.69, 9.17) is 20.4 Å². The van der Waals surface area contributed by atoms with Crippen LogP contribution in [0.5, 0.6) is 5.75 Å². The molecule has 2 aliphatic heterocycles. The minimum Gasteiger partial charge on any atom is -0.491 e. The first-order valence-electron chi connectivity index (χ1n) is 14.4. The van der Waals surface area contributed by atoms with Gasteiger partial charge in [0.1, 0.15) is 17.9 Å². The number of imidazole rings is 1. The van der Waals surface area contributed by atoms with Crippen molar-refractivity contribution < 1.29 is 22.3 Å². The fourth-order valence-corrected chi connectivity index (χ4v) is 7.54. The van der Waals surface area contributed by atoms with Crippen molar-refractivity contribution in [3.63, 3.8) is 0 Å².